The van der Waals surface area contributed by atoms with Crippen molar-refractivity contribution in [3.05, 3.63) is 48.4 Å². The van der Waals surface area contributed by atoms with Crippen molar-refractivity contribution in [3.8, 4) is 28.1 Å². The Morgan fingerprint density at radius 3 is 2.62 bits per heavy atom. The number of hydrogen-bond acceptors (Lipinski definition) is 8. The number of phenols is 1. The average molecular weight is 535 g/mol. The number of phenolic OH excluding ortho intramolecular Hbond substituents is 1. The lowest BCUT2D eigenvalue weighted by Crippen LogP contribution is -2.68. The highest BCUT2D eigenvalue weighted by atomic mass is 16.3. The van der Waals surface area contributed by atoms with Gasteiger partial charge in [-0.15, -0.1) is 0 Å². The number of benzene rings is 1. The third-order valence-corrected chi connectivity index (χ3v) is 8.57. The molecule has 1 saturated heterocycles. The fourth-order valence-electron chi connectivity index (χ4n) is 5.33. The van der Waals surface area contributed by atoms with Crippen molar-refractivity contribution in [2.75, 3.05) is 40.3 Å². The fourth-order valence-corrected chi connectivity index (χ4v) is 5.33. The number of nitrogens with zero attached hydrogens (tertiary/aromatic N) is 5. The molecule has 1 aliphatic heterocycles. The van der Waals surface area contributed by atoms with E-state index in [0.717, 1.165) is 36.3 Å². The van der Waals surface area contributed by atoms with Gasteiger partial charge in [0.15, 0.2) is 0 Å². The van der Waals surface area contributed by atoms with E-state index in [9.17, 15) is 9.90 Å². The van der Waals surface area contributed by atoms with Gasteiger partial charge in [0.05, 0.1) is 24.1 Å². The Labute approximate surface area is 231 Å². The zero-order chi connectivity index (χ0) is 28.2. The average Bonchev–Trinajstić information content (AvgIpc) is 3.44. The Kier molecular flexibility index (Phi) is 8.68. The monoisotopic (exact) mass is 534 g/mol. The zero-order valence-electron chi connectivity index (χ0n) is 24.0. The van der Waals surface area contributed by atoms with Gasteiger partial charge in [-0.3, -0.25) is 14.8 Å². The minimum atomic E-state index is -0.320. The highest BCUT2D eigenvalue weighted by Gasteiger charge is 2.51. The second kappa shape index (κ2) is 11.8. The zero-order valence-corrected chi connectivity index (χ0v) is 24.0. The van der Waals surface area contributed by atoms with Crippen LogP contribution in [0.5, 0.6) is 5.75 Å². The van der Waals surface area contributed by atoms with Crippen molar-refractivity contribution in [2.45, 2.75) is 52.2 Å². The summed E-state index contributed by atoms with van der Waals surface area (Å²) < 4.78 is 0. The number of carbonyl (C=O) groups is 1. The first-order chi connectivity index (χ1) is 18.5. The number of hydrogen-bond donors (Lipinski definition) is 4. The number of likely N-dealkylation sites (N-methyl/N-ethyl adjacent to an activating group) is 2. The molecular formula is C29H42N8O2. The van der Waals surface area contributed by atoms with Gasteiger partial charge < -0.3 is 20.6 Å². The lowest BCUT2D eigenvalue weighted by Gasteiger charge is -2.57. The van der Waals surface area contributed by atoms with Gasteiger partial charge >= 0.3 is 0 Å². The first-order valence-electron chi connectivity index (χ1n) is 13.6. The summed E-state index contributed by atoms with van der Waals surface area (Å²) in [5.74, 6) is 0.319. The predicted octanol–water partition coefficient (Wildman–Crippen LogP) is 2.89. The van der Waals surface area contributed by atoms with E-state index in [2.05, 4.69) is 68.5 Å². The van der Waals surface area contributed by atoms with Gasteiger partial charge in [-0.2, -0.15) is 15.3 Å². The van der Waals surface area contributed by atoms with Crippen LogP contribution in [-0.4, -0.2) is 93.1 Å². The number of likely N-dealkylation sites (tertiary alicyclic amines) is 1. The van der Waals surface area contributed by atoms with Gasteiger partial charge in [0.1, 0.15) is 5.75 Å². The van der Waals surface area contributed by atoms with Crippen LogP contribution in [0.15, 0.2) is 42.7 Å². The molecule has 1 aliphatic rings. The van der Waals surface area contributed by atoms with Crippen molar-refractivity contribution < 1.29 is 9.90 Å². The standard InChI is InChI=1S/C29H42N8O2/c1-28(2)26(11-13-37(29(28,3)4)27(39)19-36(6)14-12-30-5)31-18-22-8-10-24(35-34-22)23-9-7-20(15-25(23)38)21-16-32-33-17-21/h7-10,15-17,26,30-31,38H,11-14,18-19H2,1-6H3,(H,32,33). The van der Waals surface area contributed by atoms with Crippen LogP contribution in [0.25, 0.3) is 22.4 Å². The molecule has 0 bridgehead atoms. The van der Waals surface area contributed by atoms with E-state index in [1.165, 1.54) is 0 Å². The number of nitrogens with one attached hydrogen (secondary N) is 3. The molecule has 39 heavy (non-hydrogen) atoms. The van der Waals surface area contributed by atoms with Crippen LogP contribution in [0.1, 0.15) is 39.8 Å². The van der Waals surface area contributed by atoms with Crippen molar-refractivity contribution in [1.29, 1.82) is 0 Å². The molecule has 0 saturated carbocycles. The smallest absolute Gasteiger partial charge is 0.237 e. The van der Waals surface area contributed by atoms with E-state index in [0.29, 0.717) is 30.9 Å². The Morgan fingerprint density at radius 1 is 1.18 bits per heavy atom. The molecule has 0 aliphatic carbocycles. The van der Waals surface area contributed by atoms with E-state index < -0.39 is 0 Å². The lowest BCUT2D eigenvalue weighted by molar-refractivity contribution is -0.149. The Bertz CT molecular complexity index is 1240. The van der Waals surface area contributed by atoms with Crippen LogP contribution in [0.4, 0.5) is 0 Å². The van der Waals surface area contributed by atoms with Gasteiger partial charge in [-0.25, -0.2) is 0 Å². The third-order valence-electron chi connectivity index (χ3n) is 8.57. The largest absolute Gasteiger partial charge is 0.507 e. The molecule has 4 rings (SSSR count). The molecule has 1 atom stereocenters. The summed E-state index contributed by atoms with van der Waals surface area (Å²) in [5, 5.41) is 33.0. The first-order valence-corrected chi connectivity index (χ1v) is 13.6. The summed E-state index contributed by atoms with van der Waals surface area (Å²) in [5.41, 5.74) is 3.36. The van der Waals surface area contributed by atoms with Crippen LogP contribution in [0.3, 0.4) is 0 Å². The molecular weight excluding hydrogens is 492 g/mol. The summed E-state index contributed by atoms with van der Waals surface area (Å²) in [6.45, 7) is 12.2. The minimum Gasteiger partial charge on any atom is -0.507 e. The quantitative estimate of drug-likeness (QED) is 0.313. The second-order valence-electron chi connectivity index (χ2n) is 11.5. The van der Waals surface area contributed by atoms with E-state index >= 15 is 0 Å². The molecule has 10 nitrogen and oxygen atoms in total. The Balaban J connectivity index is 1.38. The summed E-state index contributed by atoms with van der Waals surface area (Å²) in [6, 6.07) is 9.52. The Hall–Kier alpha value is -3.34. The summed E-state index contributed by atoms with van der Waals surface area (Å²) in [6.07, 6.45) is 4.36. The topological polar surface area (TPSA) is 122 Å². The normalized spacial score (nSPS) is 18.4. The lowest BCUT2D eigenvalue weighted by atomic mass is 9.64. The van der Waals surface area contributed by atoms with Crippen LogP contribution in [0.2, 0.25) is 0 Å². The molecule has 3 heterocycles. The number of amides is 1. The van der Waals surface area contributed by atoms with Crippen LogP contribution < -0.4 is 10.6 Å². The van der Waals surface area contributed by atoms with Gasteiger partial charge in [0.2, 0.25) is 5.91 Å². The number of aromatic nitrogens is 4. The number of piperidine rings is 1. The van der Waals surface area contributed by atoms with Gasteiger partial charge in [-0.1, -0.05) is 19.9 Å². The van der Waals surface area contributed by atoms with Crippen molar-refractivity contribution >= 4 is 5.91 Å². The molecule has 1 unspecified atom stereocenters. The SMILES string of the molecule is CNCCN(C)CC(=O)N1CCC(NCc2ccc(-c3ccc(-c4cn[nH]c4)cc3O)nn2)C(C)(C)C1(C)C. The van der Waals surface area contributed by atoms with E-state index in [4.69, 9.17) is 0 Å². The second-order valence-corrected chi connectivity index (χ2v) is 11.5. The number of aromatic hydroxyl groups is 1. The maximum absolute atomic E-state index is 13.2. The number of carbonyl (C=O) groups excluding carboxylic acids is 1. The van der Waals surface area contributed by atoms with Crippen LogP contribution >= 0.6 is 0 Å². The molecule has 0 radical (unpaired) electrons. The van der Waals surface area contributed by atoms with E-state index in [-0.39, 0.29) is 28.7 Å². The predicted molar refractivity (Wildman–Crippen MR) is 153 cm³/mol. The fraction of sp³-hybridized carbons (Fsp3) is 0.517. The van der Waals surface area contributed by atoms with E-state index in [1.807, 2.05) is 38.4 Å². The minimum absolute atomic E-state index is 0.146. The molecule has 1 aromatic carbocycles. The molecule has 2 aromatic heterocycles. The number of H-pyrrole nitrogens is 1. The highest BCUT2D eigenvalue weighted by Crippen LogP contribution is 2.43. The van der Waals surface area contributed by atoms with E-state index in [1.54, 1.807) is 18.5 Å². The maximum atomic E-state index is 13.2. The summed E-state index contributed by atoms with van der Waals surface area (Å²) in [7, 11) is 3.91. The molecule has 3 aromatic rings. The Morgan fingerprint density at radius 2 is 1.97 bits per heavy atom. The third kappa shape index (κ3) is 6.13. The number of aromatic amines is 1. The van der Waals surface area contributed by atoms with Crippen molar-refractivity contribution in [2.24, 2.45) is 5.41 Å². The van der Waals surface area contributed by atoms with Gasteiger partial charge in [0, 0.05) is 60.5 Å². The van der Waals surface area contributed by atoms with Gasteiger partial charge in [0.25, 0.3) is 0 Å². The van der Waals surface area contributed by atoms with Crippen molar-refractivity contribution in [1.82, 2.24) is 40.8 Å². The molecule has 1 amide bonds. The highest BCUT2D eigenvalue weighted by molar-refractivity contribution is 5.79. The van der Waals surface area contributed by atoms with Crippen molar-refractivity contribution in [3.63, 3.8) is 0 Å². The summed E-state index contributed by atoms with van der Waals surface area (Å²) in [4.78, 5) is 17.3. The molecule has 10 heteroatoms. The molecule has 4 N–H and O–H groups in total. The number of rotatable bonds is 10. The first kappa shape index (κ1) is 28.7. The van der Waals surface area contributed by atoms with Gasteiger partial charge in [-0.05, 0) is 64.2 Å². The van der Waals surface area contributed by atoms with Crippen LogP contribution in [0, 0.1) is 5.41 Å². The van der Waals surface area contributed by atoms with Crippen LogP contribution in [-0.2, 0) is 11.3 Å². The maximum Gasteiger partial charge on any atom is 0.237 e. The molecule has 1 fully saturated rings. The summed E-state index contributed by atoms with van der Waals surface area (Å²) >= 11 is 0. The molecule has 210 valence electrons. The molecule has 0 spiro atoms.